The average Bonchev–Trinajstić information content (AvgIpc) is 3.42. The van der Waals surface area contributed by atoms with E-state index in [0.717, 1.165) is 5.56 Å². The molecule has 0 spiro atoms. The molecule has 0 unspecified atom stereocenters. The summed E-state index contributed by atoms with van der Waals surface area (Å²) in [7, 11) is 0. The van der Waals surface area contributed by atoms with E-state index in [1.54, 1.807) is 0 Å². The lowest BCUT2D eigenvalue weighted by molar-refractivity contribution is -0.107. The molecule has 10 heteroatoms. The van der Waals surface area contributed by atoms with Crippen LogP contribution >= 0.6 is 0 Å². The second kappa shape index (κ2) is 9.45. The predicted molar refractivity (Wildman–Crippen MR) is 122 cm³/mol. The molecule has 1 saturated heterocycles. The van der Waals surface area contributed by atoms with Crippen LogP contribution in [0.25, 0.3) is 11.2 Å². The smallest absolute Gasteiger partial charge is 0.167 e. The number of hydrogen-bond donors (Lipinski definition) is 4. The van der Waals surface area contributed by atoms with Crippen molar-refractivity contribution >= 4 is 17.0 Å². The van der Waals surface area contributed by atoms with E-state index in [4.69, 9.17) is 15.2 Å². The zero-order chi connectivity index (χ0) is 23.7. The van der Waals surface area contributed by atoms with E-state index >= 15 is 0 Å². The normalized spacial score (nSPS) is 24.3. The van der Waals surface area contributed by atoms with E-state index in [9.17, 15) is 15.3 Å². The number of nitrogen functional groups attached to an aromatic ring is 1. The van der Waals surface area contributed by atoms with E-state index in [1.807, 2.05) is 60.7 Å². The molecule has 34 heavy (non-hydrogen) atoms. The monoisotopic (exact) mass is 463 g/mol. The Hall–Kier alpha value is -3.41. The lowest BCUT2D eigenvalue weighted by Gasteiger charge is -2.26. The molecular weight excluding hydrogens is 438 g/mol. The van der Waals surface area contributed by atoms with Crippen molar-refractivity contribution in [2.75, 3.05) is 12.3 Å². The van der Waals surface area contributed by atoms with Gasteiger partial charge in [0.25, 0.3) is 0 Å². The number of nitrogens with two attached hydrogens (primary N) is 1. The molecule has 0 bridgehead atoms. The van der Waals surface area contributed by atoms with Gasteiger partial charge < -0.3 is 30.5 Å². The summed E-state index contributed by atoms with van der Waals surface area (Å²) >= 11 is 0. The average molecular weight is 463 g/mol. The Kier molecular flexibility index (Phi) is 6.22. The summed E-state index contributed by atoms with van der Waals surface area (Å²) in [4.78, 5) is 12.3. The van der Waals surface area contributed by atoms with Crippen molar-refractivity contribution < 1.29 is 24.8 Å². The minimum absolute atomic E-state index is 0.0675. The predicted octanol–water partition coefficient (Wildman–Crippen LogP) is 1.52. The summed E-state index contributed by atoms with van der Waals surface area (Å²) in [5, 5.41) is 32.4. The highest BCUT2D eigenvalue weighted by atomic mass is 16.6. The standard InChI is InChI=1S/C24H25N5O5/c25-22-17-23(27-12-26-22)29(13-28-17)24-20(32)19(31)16(34-24)11-33-21(15-9-5-2-6-10-15)18(30)14-7-3-1-4-8-14/h1-10,12-13,16,18-21,24,30-32H,11H2,(H2,25,26,27)/t16-,18-,19-,20-,21+,24-/m1/s1. The van der Waals surface area contributed by atoms with Crippen LogP contribution in [-0.2, 0) is 9.47 Å². The first-order chi connectivity index (χ1) is 16.5. The first kappa shape index (κ1) is 22.4. The molecule has 6 atom stereocenters. The summed E-state index contributed by atoms with van der Waals surface area (Å²) in [5.41, 5.74) is 8.08. The molecule has 1 fully saturated rings. The van der Waals surface area contributed by atoms with Gasteiger partial charge in [-0.15, -0.1) is 0 Å². The van der Waals surface area contributed by atoms with Gasteiger partial charge in [0.2, 0.25) is 0 Å². The van der Waals surface area contributed by atoms with Gasteiger partial charge in [0.1, 0.15) is 42.4 Å². The van der Waals surface area contributed by atoms with Crippen molar-refractivity contribution in [3.05, 3.63) is 84.4 Å². The molecule has 0 aliphatic carbocycles. The third kappa shape index (κ3) is 4.13. The van der Waals surface area contributed by atoms with Gasteiger partial charge >= 0.3 is 0 Å². The van der Waals surface area contributed by atoms with Crippen LogP contribution in [0.5, 0.6) is 0 Å². The van der Waals surface area contributed by atoms with E-state index in [0.29, 0.717) is 16.7 Å². The van der Waals surface area contributed by atoms with Gasteiger partial charge in [0.15, 0.2) is 17.7 Å². The van der Waals surface area contributed by atoms with Crippen LogP contribution in [-0.4, -0.2) is 59.8 Å². The highest BCUT2D eigenvalue weighted by Gasteiger charge is 2.45. The summed E-state index contributed by atoms with van der Waals surface area (Å²) in [6, 6.07) is 18.5. The fourth-order valence-corrected chi connectivity index (χ4v) is 4.19. The van der Waals surface area contributed by atoms with Crippen molar-refractivity contribution in [3.8, 4) is 0 Å². The Morgan fingerprint density at radius 1 is 0.941 bits per heavy atom. The number of ether oxygens (including phenoxy) is 2. The summed E-state index contributed by atoms with van der Waals surface area (Å²) in [6.07, 6.45) is -3.21. The van der Waals surface area contributed by atoms with Crippen molar-refractivity contribution in [2.45, 2.75) is 36.7 Å². The molecule has 0 radical (unpaired) electrons. The summed E-state index contributed by atoms with van der Waals surface area (Å²) in [5.74, 6) is 0.206. The Morgan fingerprint density at radius 3 is 2.32 bits per heavy atom. The van der Waals surface area contributed by atoms with E-state index in [2.05, 4.69) is 15.0 Å². The van der Waals surface area contributed by atoms with Gasteiger partial charge in [-0.1, -0.05) is 60.7 Å². The van der Waals surface area contributed by atoms with Crippen LogP contribution in [0.15, 0.2) is 73.3 Å². The van der Waals surface area contributed by atoms with E-state index in [-0.39, 0.29) is 12.4 Å². The van der Waals surface area contributed by atoms with Crippen molar-refractivity contribution in [2.24, 2.45) is 0 Å². The molecule has 3 heterocycles. The van der Waals surface area contributed by atoms with Crippen LogP contribution in [0.4, 0.5) is 5.82 Å². The molecule has 0 amide bonds. The van der Waals surface area contributed by atoms with Crippen LogP contribution in [0.2, 0.25) is 0 Å². The maximum Gasteiger partial charge on any atom is 0.167 e. The molecule has 1 aliphatic rings. The highest BCUT2D eigenvalue weighted by molar-refractivity contribution is 5.81. The minimum Gasteiger partial charge on any atom is -0.387 e. The van der Waals surface area contributed by atoms with Gasteiger partial charge in [-0.3, -0.25) is 4.57 Å². The topological polar surface area (TPSA) is 149 Å². The van der Waals surface area contributed by atoms with Crippen LogP contribution < -0.4 is 5.73 Å². The zero-order valence-electron chi connectivity index (χ0n) is 18.1. The van der Waals surface area contributed by atoms with Gasteiger partial charge in [-0.05, 0) is 11.1 Å². The number of fused-ring (bicyclic) bond motifs is 1. The lowest BCUT2D eigenvalue weighted by Crippen LogP contribution is -2.34. The van der Waals surface area contributed by atoms with Gasteiger partial charge in [0, 0.05) is 0 Å². The third-order valence-electron chi connectivity index (χ3n) is 5.99. The maximum absolute atomic E-state index is 11.1. The van der Waals surface area contributed by atoms with E-state index < -0.39 is 36.7 Å². The Balaban J connectivity index is 1.36. The molecule has 2 aromatic carbocycles. The fourth-order valence-electron chi connectivity index (χ4n) is 4.19. The minimum atomic E-state index is -1.25. The SMILES string of the molecule is Nc1ncnc2c1ncn2[C@@H]1O[C@H](CO[C@@H](c2ccccc2)[C@H](O)c2ccccc2)[C@@H](O)[C@H]1O. The molecule has 176 valence electrons. The Labute approximate surface area is 195 Å². The molecule has 5 N–H and O–H groups in total. The van der Waals surface area contributed by atoms with E-state index in [1.165, 1.54) is 17.2 Å². The zero-order valence-corrected chi connectivity index (χ0v) is 18.1. The number of benzene rings is 2. The largest absolute Gasteiger partial charge is 0.387 e. The highest BCUT2D eigenvalue weighted by Crippen LogP contribution is 2.36. The molecule has 0 saturated carbocycles. The number of aliphatic hydroxyl groups excluding tert-OH is 3. The maximum atomic E-state index is 11.1. The van der Waals surface area contributed by atoms with Crippen LogP contribution in [0, 0.1) is 0 Å². The first-order valence-corrected chi connectivity index (χ1v) is 10.9. The number of nitrogens with zero attached hydrogens (tertiary/aromatic N) is 4. The van der Waals surface area contributed by atoms with Crippen molar-refractivity contribution in [3.63, 3.8) is 0 Å². The fraction of sp³-hybridized carbons (Fsp3) is 0.292. The molecule has 10 nitrogen and oxygen atoms in total. The first-order valence-electron chi connectivity index (χ1n) is 10.9. The van der Waals surface area contributed by atoms with Gasteiger partial charge in [-0.25, -0.2) is 15.0 Å². The third-order valence-corrected chi connectivity index (χ3v) is 5.99. The van der Waals surface area contributed by atoms with Crippen LogP contribution in [0.1, 0.15) is 29.6 Å². The number of aliphatic hydroxyl groups is 3. The molecule has 2 aromatic heterocycles. The summed E-state index contributed by atoms with van der Waals surface area (Å²) < 4.78 is 13.6. The van der Waals surface area contributed by atoms with Crippen molar-refractivity contribution in [1.82, 2.24) is 19.5 Å². The van der Waals surface area contributed by atoms with Crippen molar-refractivity contribution in [1.29, 1.82) is 0 Å². The molecule has 5 rings (SSSR count). The second-order valence-corrected chi connectivity index (χ2v) is 8.15. The number of hydrogen-bond acceptors (Lipinski definition) is 9. The quantitative estimate of drug-likeness (QED) is 0.320. The number of rotatable bonds is 7. The summed E-state index contributed by atoms with van der Waals surface area (Å²) in [6.45, 7) is -0.0675. The number of anilines is 1. The van der Waals surface area contributed by atoms with Crippen LogP contribution in [0.3, 0.4) is 0 Å². The molecular formula is C24H25N5O5. The lowest BCUT2D eigenvalue weighted by atomic mass is 9.98. The van der Waals surface area contributed by atoms with Gasteiger partial charge in [0.05, 0.1) is 12.9 Å². The molecule has 4 aromatic rings. The van der Waals surface area contributed by atoms with Gasteiger partial charge in [-0.2, -0.15) is 0 Å². The second-order valence-electron chi connectivity index (χ2n) is 8.15. The number of imidazole rings is 1. The Morgan fingerprint density at radius 2 is 1.62 bits per heavy atom. The molecule has 1 aliphatic heterocycles. The number of aromatic nitrogens is 4. The Bertz CT molecular complexity index is 1240.